The maximum Gasteiger partial charge on any atom is 0.253 e. The van der Waals surface area contributed by atoms with Crippen LogP contribution in [0.4, 0.5) is 10.2 Å². The first-order chi connectivity index (χ1) is 9.69. The van der Waals surface area contributed by atoms with Gasteiger partial charge in [0.05, 0.1) is 12.2 Å². The van der Waals surface area contributed by atoms with Crippen LogP contribution in [-0.2, 0) is 0 Å². The van der Waals surface area contributed by atoms with Gasteiger partial charge in [-0.3, -0.25) is 9.18 Å². The number of carbonyl (C=O) groups is 1. The molecule has 0 spiro atoms. The summed E-state index contributed by atoms with van der Waals surface area (Å²) >= 11 is 0. The molecule has 0 saturated carbocycles. The minimum Gasteiger partial charge on any atom is -0.384 e. The lowest BCUT2D eigenvalue weighted by molar-refractivity contribution is 0.0938. The first-order valence-corrected chi connectivity index (χ1v) is 6.48. The van der Waals surface area contributed by atoms with Gasteiger partial charge in [-0.05, 0) is 24.6 Å². The van der Waals surface area contributed by atoms with Crippen molar-refractivity contribution >= 4 is 11.7 Å². The van der Waals surface area contributed by atoms with Crippen molar-refractivity contribution in [3.8, 4) is 11.3 Å². The van der Waals surface area contributed by atoms with E-state index in [4.69, 9.17) is 5.73 Å². The standard InChI is InChI=1S/C14H15FN4O/c15-3-1-9-7-18-14(20)10-6-11(19-13(9)10)8-2-4-17-12(16)5-8/h2,4-6,9,19H,1,3,7H2,(H2,16,17)(H,18,20). The number of nitrogens with one attached hydrogen (secondary N) is 2. The second kappa shape index (κ2) is 4.96. The van der Waals surface area contributed by atoms with E-state index in [9.17, 15) is 9.18 Å². The Morgan fingerprint density at radius 2 is 2.30 bits per heavy atom. The van der Waals surface area contributed by atoms with Crippen molar-refractivity contribution in [2.45, 2.75) is 12.3 Å². The number of carbonyl (C=O) groups excluding carboxylic acids is 1. The third-order valence-electron chi connectivity index (χ3n) is 3.56. The quantitative estimate of drug-likeness (QED) is 0.798. The Bertz CT molecular complexity index is 652. The second-order valence-electron chi connectivity index (χ2n) is 4.86. The van der Waals surface area contributed by atoms with E-state index in [0.29, 0.717) is 24.3 Å². The lowest BCUT2D eigenvalue weighted by Crippen LogP contribution is -2.34. The van der Waals surface area contributed by atoms with Gasteiger partial charge in [0.15, 0.2) is 0 Å². The van der Waals surface area contributed by atoms with Gasteiger partial charge >= 0.3 is 0 Å². The maximum atomic E-state index is 12.6. The highest BCUT2D eigenvalue weighted by Crippen LogP contribution is 2.31. The number of alkyl halides is 1. The first-order valence-electron chi connectivity index (χ1n) is 6.48. The number of nitrogen functional groups attached to an aromatic ring is 1. The van der Waals surface area contributed by atoms with Crippen molar-refractivity contribution in [2.24, 2.45) is 0 Å². The van der Waals surface area contributed by atoms with Gasteiger partial charge in [0, 0.05) is 35.6 Å². The van der Waals surface area contributed by atoms with Crippen molar-refractivity contribution in [3.05, 3.63) is 35.7 Å². The lowest BCUT2D eigenvalue weighted by atomic mass is 9.95. The summed E-state index contributed by atoms with van der Waals surface area (Å²) in [7, 11) is 0. The molecule has 3 rings (SSSR count). The van der Waals surface area contributed by atoms with Gasteiger partial charge in [0.2, 0.25) is 0 Å². The van der Waals surface area contributed by atoms with E-state index in [2.05, 4.69) is 15.3 Å². The molecule has 1 atom stereocenters. The van der Waals surface area contributed by atoms with Gasteiger partial charge in [-0.15, -0.1) is 0 Å². The van der Waals surface area contributed by atoms with Gasteiger partial charge in [0.25, 0.3) is 5.91 Å². The summed E-state index contributed by atoms with van der Waals surface area (Å²) < 4.78 is 12.6. The molecular weight excluding hydrogens is 259 g/mol. The normalized spacial score (nSPS) is 17.6. The number of halogens is 1. The molecule has 3 heterocycles. The second-order valence-corrected chi connectivity index (χ2v) is 4.86. The third kappa shape index (κ3) is 2.13. The Hall–Kier alpha value is -2.37. The molecule has 5 nitrogen and oxygen atoms in total. The summed E-state index contributed by atoms with van der Waals surface area (Å²) in [6, 6.07) is 5.33. The first kappa shape index (κ1) is 12.7. The van der Waals surface area contributed by atoms with Crippen molar-refractivity contribution in [1.82, 2.24) is 15.3 Å². The monoisotopic (exact) mass is 274 g/mol. The molecule has 0 aromatic carbocycles. The van der Waals surface area contributed by atoms with Gasteiger partial charge in [0.1, 0.15) is 5.82 Å². The SMILES string of the molecule is Nc1cc(-c2cc3c([nH]2)C(CCF)CNC3=O)ccn1. The number of rotatable bonds is 3. The summed E-state index contributed by atoms with van der Waals surface area (Å²) in [4.78, 5) is 19.1. The molecule has 20 heavy (non-hydrogen) atoms. The number of fused-ring (bicyclic) bond motifs is 1. The highest BCUT2D eigenvalue weighted by atomic mass is 19.1. The number of amides is 1. The average Bonchev–Trinajstić information content (AvgIpc) is 2.88. The number of anilines is 1. The molecule has 1 aliphatic rings. The highest BCUT2D eigenvalue weighted by Gasteiger charge is 2.27. The van der Waals surface area contributed by atoms with Crippen LogP contribution in [0.25, 0.3) is 11.3 Å². The molecule has 0 saturated heterocycles. The molecule has 2 aromatic rings. The van der Waals surface area contributed by atoms with Crippen LogP contribution < -0.4 is 11.1 Å². The molecule has 2 aromatic heterocycles. The van der Waals surface area contributed by atoms with Crippen LogP contribution in [0.5, 0.6) is 0 Å². The minimum absolute atomic E-state index is 0.0133. The number of aromatic amines is 1. The molecule has 4 N–H and O–H groups in total. The van der Waals surface area contributed by atoms with E-state index >= 15 is 0 Å². The van der Waals surface area contributed by atoms with Crippen LogP contribution in [-0.4, -0.2) is 29.1 Å². The topological polar surface area (TPSA) is 83.8 Å². The fraction of sp³-hybridized carbons (Fsp3) is 0.286. The minimum atomic E-state index is -0.406. The smallest absolute Gasteiger partial charge is 0.253 e. The summed E-state index contributed by atoms with van der Waals surface area (Å²) in [6.07, 6.45) is 2.01. The molecule has 0 fully saturated rings. The maximum absolute atomic E-state index is 12.6. The number of pyridine rings is 1. The Labute approximate surface area is 115 Å². The van der Waals surface area contributed by atoms with Crippen molar-refractivity contribution < 1.29 is 9.18 Å². The average molecular weight is 274 g/mol. The zero-order valence-electron chi connectivity index (χ0n) is 10.8. The van der Waals surface area contributed by atoms with Crippen LogP contribution in [0.3, 0.4) is 0 Å². The van der Waals surface area contributed by atoms with Gasteiger partial charge in [-0.25, -0.2) is 4.98 Å². The van der Waals surface area contributed by atoms with Gasteiger partial charge < -0.3 is 16.0 Å². The van der Waals surface area contributed by atoms with Crippen LogP contribution in [0.2, 0.25) is 0 Å². The molecular formula is C14H15FN4O. The van der Waals surface area contributed by atoms with E-state index in [-0.39, 0.29) is 11.8 Å². The van der Waals surface area contributed by atoms with E-state index in [0.717, 1.165) is 17.0 Å². The molecule has 0 aliphatic carbocycles. The summed E-state index contributed by atoms with van der Waals surface area (Å²) in [5.74, 6) is 0.278. The largest absolute Gasteiger partial charge is 0.384 e. The number of nitrogens with two attached hydrogens (primary N) is 1. The predicted octanol–water partition coefficient (Wildman–Crippen LogP) is 1.85. The molecule has 1 unspecified atom stereocenters. The lowest BCUT2D eigenvalue weighted by Gasteiger charge is -2.21. The Kier molecular flexibility index (Phi) is 3.14. The number of hydrogen-bond donors (Lipinski definition) is 3. The molecule has 0 bridgehead atoms. The van der Waals surface area contributed by atoms with E-state index in [1.54, 1.807) is 18.3 Å². The zero-order valence-corrected chi connectivity index (χ0v) is 10.8. The van der Waals surface area contributed by atoms with Crippen LogP contribution in [0.15, 0.2) is 24.4 Å². The number of H-pyrrole nitrogens is 1. The molecule has 0 radical (unpaired) electrons. The summed E-state index contributed by atoms with van der Waals surface area (Å²) in [6.45, 7) is 0.0602. The van der Waals surface area contributed by atoms with Crippen molar-refractivity contribution in [2.75, 3.05) is 19.0 Å². The fourth-order valence-electron chi connectivity index (χ4n) is 2.54. The third-order valence-corrected chi connectivity index (χ3v) is 3.56. The van der Waals surface area contributed by atoms with Gasteiger partial charge in [-0.1, -0.05) is 0 Å². The zero-order chi connectivity index (χ0) is 14.1. The van der Waals surface area contributed by atoms with E-state index < -0.39 is 6.67 Å². The van der Waals surface area contributed by atoms with E-state index in [1.807, 2.05) is 6.07 Å². The summed E-state index contributed by atoms with van der Waals surface area (Å²) in [5, 5.41) is 2.79. The number of aromatic nitrogens is 2. The van der Waals surface area contributed by atoms with Gasteiger partial charge in [-0.2, -0.15) is 0 Å². The van der Waals surface area contributed by atoms with Crippen molar-refractivity contribution in [1.29, 1.82) is 0 Å². The predicted molar refractivity (Wildman–Crippen MR) is 74.1 cm³/mol. The van der Waals surface area contributed by atoms with E-state index in [1.165, 1.54) is 0 Å². The Balaban J connectivity index is 2.04. The van der Waals surface area contributed by atoms with Crippen LogP contribution in [0.1, 0.15) is 28.4 Å². The molecule has 1 amide bonds. The van der Waals surface area contributed by atoms with Crippen LogP contribution >= 0.6 is 0 Å². The molecule has 6 heteroatoms. The Morgan fingerprint density at radius 3 is 3.05 bits per heavy atom. The number of hydrogen-bond acceptors (Lipinski definition) is 3. The molecule has 104 valence electrons. The summed E-state index contributed by atoms with van der Waals surface area (Å²) in [5.41, 5.74) is 8.71. The fourth-order valence-corrected chi connectivity index (χ4v) is 2.54. The highest BCUT2D eigenvalue weighted by molar-refractivity contribution is 5.98. The van der Waals surface area contributed by atoms with Crippen molar-refractivity contribution in [3.63, 3.8) is 0 Å². The number of nitrogens with zero attached hydrogens (tertiary/aromatic N) is 1. The molecule has 1 aliphatic heterocycles. The Morgan fingerprint density at radius 1 is 1.45 bits per heavy atom. The van der Waals surface area contributed by atoms with Crippen LogP contribution in [0, 0.1) is 0 Å².